The molecule has 0 aliphatic carbocycles. The number of hydrogen-bond acceptors (Lipinski definition) is 2. The number of anilines is 2. The fraction of sp³-hybridized carbons (Fsp3) is 0.240. The van der Waals surface area contributed by atoms with Crippen molar-refractivity contribution in [2.24, 2.45) is 0 Å². The lowest BCUT2D eigenvalue weighted by molar-refractivity contribution is -0.695. The normalized spacial score (nSPS) is 15.7. The van der Waals surface area contributed by atoms with Gasteiger partial charge in [0, 0.05) is 17.8 Å². The Morgan fingerprint density at radius 1 is 0.900 bits per heavy atom. The molecule has 0 bridgehead atoms. The van der Waals surface area contributed by atoms with Crippen LogP contribution in [0.3, 0.4) is 0 Å². The fourth-order valence-corrected chi connectivity index (χ4v) is 4.27. The molecule has 0 radical (unpaired) electrons. The van der Waals surface area contributed by atoms with Crippen LogP contribution in [0.25, 0.3) is 0 Å². The topological polar surface area (TPSA) is 53.3 Å². The van der Waals surface area contributed by atoms with Crippen molar-refractivity contribution in [3.05, 3.63) is 88.7 Å². The first kappa shape index (κ1) is 19.8. The van der Waals surface area contributed by atoms with Gasteiger partial charge in [-0.25, -0.2) is 0 Å². The monoisotopic (exact) mass is 400 g/mol. The molecular formula is C25H26N3O2+. The molecule has 0 unspecified atom stereocenters. The molecule has 2 heterocycles. The van der Waals surface area contributed by atoms with E-state index in [2.05, 4.69) is 5.32 Å². The van der Waals surface area contributed by atoms with Crippen molar-refractivity contribution in [1.82, 2.24) is 0 Å². The summed E-state index contributed by atoms with van der Waals surface area (Å²) in [6.45, 7) is 8.10. The molecule has 0 fully saturated rings. The molecule has 3 aromatic rings. The highest BCUT2D eigenvalue weighted by Gasteiger charge is 2.44. The first-order valence-corrected chi connectivity index (χ1v) is 10.1. The summed E-state index contributed by atoms with van der Waals surface area (Å²) in [5.41, 5.74) is 6.32. The number of rotatable bonds is 3. The second-order valence-corrected chi connectivity index (χ2v) is 7.92. The van der Waals surface area contributed by atoms with Crippen molar-refractivity contribution in [3.8, 4) is 0 Å². The molecule has 30 heavy (non-hydrogen) atoms. The quantitative estimate of drug-likeness (QED) is 0.677. The largest absolute Gasteiger partial charge is 0.323 e. The predicted octanol–water partition coefficient (Wildman–Crippen LogP) is 3.93. The van der Waals surface area contributed by atoms with Crippen LogP contribution in [0, 0.1) is 27.7 Å². The third kappa shape index (κ3) is 3.36. The number of aromatic nitrogens is 1. The molecule has 1 atom stereocenters. The van der Waals surface area contributed by atoms with E-state index in [0.29, 0.717) is 0 Å². The smallest absolute Gasteiger partial charge is 0.294 e. The maximum Gasteiger partial charge on any atom is 0.294 e. The molecule has 2 aromatic carbocycles. The van der Waals surface area contributed by atoms with Crippen LogP contribution in [-0.4, -0.2) is 11.8 Å². The Morgan fingerprint density at radius 3 is 2.13 bits per heavy atom. The Kier molecular flexibility index (Phi) is 5.12. The summed E-state index contributed by atoms with van der Waals surface area (Å²) in [5.74, 6) is -0.319. The van der Waals surface area contributed by atoms with Gasteiger partial charge < -0.3 is 5.32 Å². The van der Waals surface area contributed by atoms with Crippen LogP contribution in [0.1, 0.15) is 34.0 Å². The van der Waals surface area contributed by atoms with Crippen LogP contribution >= 0.6 is 0 Å². The number of nitrogens with zero attached hydrogens (tertiary/aromatic N) is 2. The summed E-state index contributed by atoms with van der Waals surface area (Å²) in [6.07, 6.45) is 1.86. The van der Waals surface area contributed by atoms with Gasteiger partial charge in [-0.1, -0.05) is 42.5 Å². The van der Waals surface area contributed by atoms with Gasteiger partial charge in [0.25, 0.3) is 11.8 Å². The van der Waals surface area contributed by atoms with E-state index in [9.17, 15) is 9.59 Å². The summed E-state index contributed by atoms with van der Waals surface area (Å²) in [4.78, 5) is 28.6. The minimum Gasteiger partial charge on any atom is -0.323 e. The zero-order chi connectivity index (χ0) is 21.4. The number of para-hydroxylation sites is 2. The van der Waals surface area contributed by atoms with Gasteiger partial charge in [0.2, 0.25) is 18.3 Å². The molecule has 1 aliphatic rings. The summed E-state index contributed by atoms with van der Waals surface area (Å²) in [5, 5.41) is 3.10. The summed E-state index contributed by atoms with van der Waals surface area (Å²) in [6, 6.07) is 16.8. The van der Waals surface area contributed by atoms with Gasteiger partial charge in [0.1, 0.15) is 0 Å². The molecular weight excluding hydrogens is 374 g/mol. The lowest BCUT2D eigenvalue weighted by Crippen LogP contribution is -2.58. The number of amides is 2. The Balaban J connectivity index is 1.85. The Bertz CT molecular complexity index is 1110. The first-order chi connectivity index (χ1) is 14.4. The van der Waals surface area contributed by atoms with E-state index in [4.69, 9.17) is 0 Å². The zero-order valence-corrected chi connectivity index (χ0v) is 17.8. The molecule has 0 saturated heterocycles. The summed E-state index contributed by atoms with van der Waals surface area (Å²) in [7, 11) is 0. The zero-order valence-electron chi connectivity index (χ0n) is 17.8. The first-order valence-electron chi connectivity index (χ1n) is 10.1. The highest BCUT2D eigenvalue weighted by Crippen LogP contribution is 2.35. The number of carbonyl (C=O) groups is 2. The maximum absolute atomic E-state index is 13.7. The van der Waals surface area contributed by atoms with Crippen LogP contribution in [0.4, 0.5) is 11.4 Å². The van der Waals surface area contributed by atoms with Gasteiger partial charge in [-0.2, -0.15) is 4.57 Å². The molecule has 1 N–H and O–H groups in total. The molecule has 1 aromatic heterocycles. The van der Waals surface area contributed by atoms with Crippen LogP contribution in [0.15, 0.2) is 60.8 Å². The van der Waals surface area contributed by atoms with Crippen LogP contribution in [0.5, 0.6) is 0 Å². The minimum absolute atomic E-state index is 0.0993. The molecule has 0 saturated carbocycles. The van der Waals surface area contributed by atoms with Crippen molar-refractivity contribution >= 4 is 23.2 Å². The SMILES string of the molecule is Cc1cccc(C)c1NC(=O)[C@H]1c2cccc[n+]2CC(=O)N1c1c(C)cccc1C. The summed E-state index contributed by atoms with van der Waals surface area (Å²) >= 11 is 0. The van der Waals surface area contributed by atoms with Crippen molar-refractivity contribution in [2.45, 2.75) is 40.3 Å². The number of pyridine rings is 1. The maximum atomic E-state index is 13.7. The molecule has 152 valence electrons. The van der Waals surface area contributed by atoms with Gasteiger partial charge in [0.15, 0.2) is 6.20 Å². The van der Waals surface area contributed by atoms with Crippen molar-refractivity contribution in [1.29, 1.82) is 0 Å². The standard InChI is InChI=1S/C25H25N3O2/c1-16-9-7-10-17(2)22(16)26-25(30)24-20-13-5-6-14-27(20)15-21(29)28(24)23-18(3)11-8-12-19(23)4/h5-14,24H,15H2,1-4H3/p+1/t24-/m1/s1. The van der Waals surface area contributed by atoms with Crippen molar-refractivity contribution in [3.63, 3.8) is 0 Å². The molecule has 4 rings (SSSR count). The van der Waals surface area contributed by atoms with E-state index in [0.717, 1.165) is 39.3 Å². The number of aryl methyl sites for hydroxylation is 4. The number of carbonyl (C=O) groups excluding carboxylic acids is 2. The van der Waals surface area contributed by atoms with E-state index in [-0.39, 0.29) is 18.4 Å². The predicted molar refractivity (Wildman–Crippen MR) is 117 cm³/mol. The Hall–Kier alpha value is -3.47. The van der Waals surface area contributed by atoms with Gasteiger partial charge in [0.05, 0.1) is 5.69 Å². The van der Waals surface area contributed by atoms with Crippen molar-refractivity contribution in [2.75, 3.05) is 10.2 Å². The number of hydrogen-bond donors (Lipinski definition) is 1. The van der Waals surface area contributed by atoms with Crippen LogP contribution in [0.2, 0.25) is 0 Å². The highest BCUT2D eigenvalue weighted by molar-refractivity contribution is 6.06. The van der Waals surface area contributed by atoms with E-state index in [1.54, 1.807) is 4.90 Å². The van der Waals surface area contributed by atoms with Gasteiger partial charge in [-0.05, 0) is 49.9 Å². The van der Waals surface area contributed by atoms with Crippen LogP contribution in [-0.2, 0) is 16.1 Å². The van der Waals surface area contributed by atoms with E-state index >= 15 is 0 Å². The van der Waals surface area contributed by atoms with Gasteiger partial charge in [-0.3, -0.25) is 14.5 Å². The number of fused-ring (bicyclic) bond motifs is 1. The number of benzene rings is 2. The minimum atomic E-state index is -0.758. The average molecular weight is 401 g/mol. The Morgan fingerprint density at radius 2 is 1.50 bits per heavy atom. The van der Waals surface area contributed by atoms with Crippen molar-refractivity contribution < 1.29 is 14.2 Å². The van der Waals surface area contributed by atoms with Gasteiger partial charge in [-0.15, -0.1) is 0 Å². The molecule has 5 nitrogen and oxygen atoms in total. The second-order valence-electron chi connectivity index (χ2n) is 7.92. The lowest BCUT2D eigenvalue weighted by Gasteiger charge is -2.34. The third-order valence-electron chi connectivity index (χ3n) is 5.75. The van der Waals surface area contributed by atoms with E-state index < -0.39 is 6.04 Å². The average Bonchev–Trinajstić information content (AvgIpc) is 2.70. The lowest BCUT2D eigenvalue weighted by atomic mass is 10.00. The molecule has 0 spiro atoms. The number of nitrogens with one attached hydrogen (secondary N) is 1. The van der Waals surface area contributed by atoms with E-state index in [1.807, 2.05) is 93.1 Å². The Labute approximate surface area is 177 Å². The summed E-state index contributed by atoms with van der Waals surface area (Å²) < 4.78 is 1.86. The van der Waals surface area contributed by atoms with Gasteiger partial charge >= 0.3 is 0 Å². The van der Waals surface area contributed by atoms with E-state index in [1.165, 1.54) is 0 Å². The second kappa shape index (κ2) is 7.75. The fourth-order valence-electron chi connectivity index (χ4n) is 4.27. The highest BCUT2D eigenvalue weighted by atomic mass is 16.2. The molecule has 5 heteroatoms. The molecule has 1 aliphatic heterocycles. The van der Waals surface area contributed by atoms with Crippen LogP contribution < -0.4 is 14.8 Å². The third-order valence-corrected chi connectivity index (χ3v) is 5.75. The molecule has 2 amide bonds.